The third-order valence-electron chi connectivity index (χ3n) is 5.50. The number of fused-ring (bicyclic) bond motifs is 1. The molecule has 2 aliphatic rings. The molecule has 0 spiro atoms. The minimum absolute atomic E-state index is 0.0542. The first-order valence-electron chi connectivity index (χ1n) is 10.5. The molecule has 1 aromatic carbocycles. The Bertz CT molecular complexity index is 1150. The Kier molecular flexibility index (Phi) is 6.84. The summed E-state index contributed by atoms with van der Waals surface area (Å²) in [5.41, 5.74) is 4.93. The molecule has 0 amide bonds. The molecule has 4 rings (SSSR count). The summed E-state index contributed by atoms with van der Waals surface area (Å²) >= 11 is 0. The van der Waals surface area contributed by atoms with Crippen molar-refractivity contribution in [3.05, 3.63) is 29.0 Å². The van der Waals surface area contributed by atoms with Gasteiger partial charge in [0, 0.05) is 30.6 Å². The van der Waals surface area contributed by atoms with Gasteiger partial charge in [0.25, 0.3) is 0 Å². The van der Waals surface area contributed by atoms with E-state index in [2.05, 4.69) is 20.5 Å². The largest absolute Gasteiger partial charge is 0.493 e. The summed E-state index contributed by atoms with van der Waals surface area (Å²) in [6.07, 6.45) is 1.92. The van der Waals surface area contributed by atoms with E-state index in [9.17, 15) is 8.42 Å². The van der Waals surface area contributed by atoms with Crippen LogP contribution in [0.15, 0.2) is 17.2 Å². The SMILES string of the molecule is COc1ccc(/C=N/Nc2nc3c(c(N4CCOCC4)n2)CS(=O)(=O)CC3)c(OC)c1OC. The van der Waals surface area contributed by atoms with Crippen LogP contribution in [0.2, 0.25) is 0 Å². The second-order valence-electron chi connectivity index (χ2n) is 7.53. The predicted molar refractivity (Wildman–Crippen MR) is 124 cm³/mol. The van der Waals surface area contributed by atoms with E-state index in [-0.39, 0.29) is 11.5 Å². The number of anilines is 2. The van der Waals surface area contributed by atoms with Crippen molar-refractivity contribution < 1.29 is 27.4 Å². The van der Waals surface area contributed by atoms with Crippen molar-refractivity contribution in [2.24, 2.45) is 5.10 Å². The van der Waals surface area contributed by atoms with Gasteiger partial charge in [-0.15, -0.1) is 0 Å². The molecule has 12 heteroatoms. The van der Waals surface area contributed by atoms with Crippen molar-refractivity contribution in [3.8, 4) is 17.2 Å². The number of morpholine rings is 1. The van der Waals surface area contributed by atoms with Gasteiger partial charge in [-0.1, -0.05) is 0 Å². The zero-order valence-electron chi connectivity index (χ0n) is 18.8. The molecule has 1 fully saturated rings. The highest BCUT2D eigenvalue weighted by Crippen LogP contribution is 2.39. The fourth-order valence-corrected chi connectivity index (χ4v) is 5.27. The lowest BCUT2D eigenvalue weighted by Gasteiger charge is -2.31. The lowest BCUT2D eigenvalue weighted by Crippen LogP contribution is -2.38. The highest BCUT2D eigenvalue weighted by molar-refractivity contribution is 7.90. The maximum atomic E-state index is 12.3. The van der Waals surface area contributed by atoms with Gasteiger partial charge in [-0.2, -0.15) is 10.1 Å². The second-order valence-corrected chi connectivity index (χ2v) is 9.72. The summed E-state index contributed by atoms with van der Waals surface area (Å²) in [7, 11) is 1.46. The molecular formula is C21H27N5O6S. The highest BCUT2D eigenvalue weighted by atomic mass is 32.2. The van der Waals surface area contributed by atoms with E-state index < -0.39 is 9.84 Å². The highest BCUT2D eigenvalue weighted by Gasteiger charge is 2.29. The Balaban J connectivity index is 1.63. The Morgan fingerprint density at radius 3 is 2.55 bits per heavy atom. The number of aryl methyl sites for hydroxylation is 1. The zero-order chi connectivity index (χ0) is 23.4. The molecule has 1 N–H and O–H groups in total. The van der Waals surface area contributed by atoms with Crippen molar-refractivity contribution in [2.75, 3.05) is 63.7 Å². The monoisotopic (exact) mass is 477 g/mol. The van der Waals surface area contributed by atoms with E-state index in [4.69, 9.17) is 18.9 Å². The van der Waals surface area contributed by atoms with Crippen molar-refractivity contribution in [1.29, 1.82) is 0 Å². The number of hydrogen-bond donors (Lipinski definition) is 1. The normalized spacial score (nSPS) is 17.5. The number of ether oxygens (including phenoxy) is 4. The van der Waals surface area contributed by atoms with Gasteiger partial charge < -0.3 is 23.8 Å². The molecule has 0 unspecified atom stereocenters. The van der Waals surface area contributed by atoms with Crippen LogP contribution in [0, 0.1) is 0 Å². The van der Waals surface area contributed by atoms with Crippen molar-refractivity contribution >= 4 is 27.8 Å². The fraction of sp³-hybridized carbons (Fsp3) is 0.476. The molecule has 0 radical (unpaired) electrons. The summed E-state index contributed by atoms with van der Waals surface area (Å²) in [5, 5.41) is 4.28. The van der Waals surface area contributed by atoms with Gasteiger partial charge in [0.2, 0.25) is 11.7 Å². The number of methoxy groups -OCH3 is 3. The van der Waals surface area contributed by atoms with Crippen molar-refractivity contribution in [3.63, 3.8) is 0 Å². The summed E-state index contributed by atoms with van der Waals surface area (Å²) < 4.78 is 46.1. The molecule has 0 saturated carbocycles. The van der Waals surface area contributed by atoms with E-state index >= 15 is 0 Å². The average Bonchev–Trinajstić information content (AvgIpc) is 2.83. The molecule has 33 heavy (non-hydrogen) atoms. The van der Waals surface area contributed by atoms with E-state index in [1.54, 1.807) is 25.5 Å². The molecule has 0 aliphatic carbocycles. The van der Waals surface area contributed by atoms with Crippen LogP contribution in [0.3, 0.4) is 0 Å². The van der Waals surface area contributed by atoms with Crippen molar-refractivity contribution in [1.82, 2.24) is 9.97 Å². The number of nitrogens with zero attached hydrogens (tertiary/aromatic N) is 4. The number of hydrazone groups is 1. The third kappa shape index (κ3) is 4.96. The molecule has 178 valence electrons. The van der Waals surface area contributed by atoms with Gasteiger partial charge in [-0.25, -0.2) is 18.8 Å². The minimum atomic E-state index is -3.17. The Morgan fingerprint density at radius 1 is 1.09 bits per heavy atom. The van der Waals surface area contributed by atoms with E-state index in [0.29, 0.717) is 72.9 Å². The van der Waals surface area contributed by atoms with Crippen LogP contribution in [-0.2, 0) is 26.7 Å². The van der Waals surface area contributed by atoms with Crippen LogP contribution in [0.1, 0.15) is 16.8 Å². The quantitative estimate of drug-likeness (QED) is 0.460. The lowest BCUT2D eigenvalue weighted by atomic mass is 10.1. The van der Waals surface area contributed by atoms with E-state index in [1.165, 1.54) is 14.2 Å². The molecular weight excluding hydrogens is 450 g/mol. The second kappa shape index (κ2) is 9.79. The molecule has 11 nitrogen and oxygen atoms in total. The van der Waals surface area contributed by atoms with Crippen LogP contribution in [0.5, 0.6) is 17.2 Å². The van der Waals surface area contributed by atoms with Gasteiger partial charge in [-0.05, 0) is 12.1 Å². The third-order valence-corrected chi connectivity index (χ3v) is 7.05. The molecule has 1 saturated heterocycles. The number of hydrogen-bond acceptors (Lipinski definition) is 11. The van der Waals surface area contributed by atoms with Crippen LogP contribution in [0.4, 0.5) is 11.8 Å². The zero-order valence-corrected chi connectivity index (χ0v) is 19.6. The molecule has 0 atom stereocenters. The summed E-state index contributed by atoms with van der Waals surface area (Å²) in [6.45, 7) is 2.39. The van der Waals surface area contributed by atoms with Gasteiger partial charge in [-0.3, -0.25) is 0 Å². The minimum Gasteiger partial charge on any atom is -0.493 e. The summed E-state index contributed by atoms with van der Waals surface area (Å²) in [6, 6.07) is 3.55. The number of benzene rings is 1. The Hall–Kier alpha value is -3.12. The lowest BCUT2D eigenvalue weighted by molar-refractivity contribution is 0.122. The summed E-state index contributed by atoms with van der Waals surface area (Å²) in [4.78, 5) is 11.2. The van der Waals surface area contributed by atoms with Gasteiger partial charge in [0.15, 0.2) is 21.3 Å². The number of nitrogens with one attached hydrogen (secondary N) is 1. The first-order valence-corrected chi connectivity index (χ1v) is 12.3. The fourth-order valence-electron chi connectivity index (χ4n) is 3.89. The number of aromatic nitrogens is 2. The standard InChI is InChI=1S/C21H27N5O6S/c1-29-17-5-4-14(18(30-2)19(17)31-3)12-22-25-21-23-16-6-11-33(27,28)13-15(16)20(24-21)26-7-9-32-10-8-26/h4-5,12H,6-11,13H2,1-3H3,(H,23,24,25)/b22-12+. The molecule has 0 bridgehead atoms. The average molecular weight is 478 g/mol. The predicted octanol–water partition coefficient (Wildman–Crippen LogP) is 1.26. The van der Waals surface area contributed by atoms with E-state index in [0.717, 1.165) is 5.69 Å². The van der Waals surface area contributed by atoms with Crippen LogP contribution in [0.25, 0.3) is 0 Å². The first kappa shape index (κ1) is 23.1. The number of rotatable bonds is 7. The van der Waals surface area contributed by atoms with Crippen LogP contribution < -0.4 is 24.5 Å². The van der Waals surface area contributed by atoms with Crippen LogP contribution in [-0.4, -0.2) is 78.0 Å². The Labute approximate surface area is 192 Å². The van der Waals surface area contributed by atoms with Gasteiger partial charge in [0.05, 0.1) is 58.0 Å². The smallest absolute Gasteiger partial charge is 0.245 e. The maximum Gasteiger partial charge on any atom is 0.245 e. The number of sulfone groups is 1. The molecule has 2 aromatic rings. The summed E-state index contributed by atoms with van der Waals surface area (Å²) in [5.74, 6) is 2.42. The van der Waals surface area contributed by atoms with Gasteiger partial charge >= 0.3 is 0 Å². The topological polar surface area (TPSA) is 124 Å². The molecule has 1 aromatic heterocycles. The molecule has 3 heterocycles. The maximum absolute atomic E-state index is 12.3. The van der Waals surface area contributed by atoms with Gasteiger partial charge in [0.1, 0.15) is 5.82 Å². The molecule has 2 aliphatic heterocycles. The van der Waals surface area contributed by atoms with Crippen molar-refractivity contribution in [2.45, 2.75) is 12.2 Å². The first-order chi connectivity index (χ1) is 16.0. The Morgan fingerprint density at radius 2 is 1.85 bits per heavy atom. The van der Waals surface area contributed by atoms with Crippen LogP contribution >= 0.6 is 0 Å². The van der Waals surface area contributed by atoms with E-state index in [1.807, 2.05) is 4.90 Å².